The van der Waals surface area contributed by atoms with Crippen LogP contribution >= 0.6 is 0 Å². The maximum Gasteiger partial charge on any atom is 0.338 e. The van der Waals surface area contributed by atoms with Gasteiger partial charge in [-0.3, -0.25) is 4.79 Å². The molecule has 0 amide bonds. The lowest BCUT2D eigenvalue weighted by atomic mass is 9.99. The second-order valence-electron chi connectivity index (χ2n) is 6.85. The second-order valence-corrected chi connectivity index (χ2v) is 8.79. The Morgan fingerprint density at radius 3 is 2.31 bits per heavy atom. The quantitative estimate of drug-likeness (QED) is 0.483. The van der Waals surface area contributed by atoms with Crippen molar-refractivity contribution in [2.75, 3.05) is 13.1 Å². The smallest absolute Gasteiger partial charge is 0.338 e. The van der Waals surface area contributed by atoms with Crippen LogP contribution in [0.3, 0.4) is 0 Å². The number of rotatable bonds is 8. The molecule has 0 aliphatic heterocycles. The normalized spacial score (nSPS) is 12.6. The minimum absolute atomic E-state index is 0.0177. The molecule has 0 aromatic heterocycles. The zero-order chi connectivity index (χ0) is 21.8. The number of carbonyl (C=O) groups excluding carboxylic acids is 2. The molecule has 2 rings (SSSR count). The van der Waals surface area contributed by atoms with E-state index in [1.165, 1.54) is 35.5 Å². The van der Waals surface area contributed by atoms with Gasteiger partial charge in [0.2, 0.25) is 15.8 Å². The van der Waals surface area contributed by atoms with E-state index in [1.807, 2.05) is 26.0 Å². The molecule has 0 aliphatic carbocycles. The molecule has 7 heteroatoms. The predicted molar refractivity (Wildman–Crippen MR) is 112 cm³/mol. The van der Waals surface area contributed by atoms with Gasteiger partial charge in [0.25, 0.3) is 0 Å². The SMILES string of the molecule is CCN(CC)S(=O)(=O)c1cccc(C(=O)O[C@H](C)C(=O)c2cc(C)ccc2C)c1. The Balaban J connectivity index is 2.23. The number of ketones is 1. The number of benzene rings is 2. The number of hydrogen-bond acceptors (Lipinski definition) is 5. The number of nitrogens with zero attached hydrogens (tertiary/aromatic N) is 1. The van der Waals surface area contributed by atoms with Crippen molar-refractivity contribution in [3.63, 3.8) is 0 Å². The standard InChI is InChI=1S/C22H27NO5S/c1-6-23(7-2)29(26,27)19-10-8-9-18(14-19)22(25)28-17(5)21(24)20-13-15(3)11-12-16(20)4/h8-14,17H,6-7H2,1-5H3/t17-/m1/s1. The summed E-state index contributed by atoms with van der Waals surface area (Å²) in [4.78, 5) is 25.3. The van der Waals surface area contributed by atoms with Crippen LogP contribution in [0, 0.1) is 13.8 Å². The molecule has 0 saturated heterocycles. The van der Waals surface area contributed by atoms with Gasteiger partial charge in [0.05, 0.1) is 10.5 Å². The highest BCUT2D eigenvalue weighted by Crippen LogP contribution is 2.19. The highest BCUT2D eigenvalue weighted by atomic mass is 32.2. The van der Waals surface area contributed by atoms with E-state index in [1.54, 1.807) is 19.9 Å². The molecular weight excluding hydrogens is 390 g/mol. The van der Waals surface area contributed by atoms with E-state index < -0.39 is 22.1 Å². The molecule has 0 unspecified atom stereocenters. The van der Waals surface area contributed by atoms with Crippen molar-refractivity contribution in [1.29, 1.82) is 0 Å². The van der Waals surface area contributed by atoms with Gasteiger partial charge in [0, 0.05) is 18.7 Å². The first-order chi connectivity index (χ1) is 13.6. The van der Waals surface area contributed by atoms with Gasteiger partial charge in [-0.2, -0.15) is 4.31 Å². The fourth-order valence-corrected chi connectivity index (χ4v) is 4.50. The Kier molecular flexibility index (Phi) is 7.32. The molecule has 2 aromatic rings. The predicted octanol–water partition coefficient (Wildman–Crippen LogP) is 3.76. The minimum atomic E-state index is -3.70. The first kappa shape index (κ1) is 22.8. The molecule has 0 saturated carbocycles. The maximum absolute atomic E-state index is 12.7. The largest absolute Gasteiger partial charge is 0.451 e. The molecule has 0 radical (unpaired) electrons. The summed E-state index contributed by atoms with van der Waals surface area (Å²) in [6.45, 7) is 9.37. The van der Waals surface area contributed by atoms with Gasteiger partial charge < -0.3 is 4.74 Å². The van der Waals surface area contributed by atoms with Crippen LogP contribution in [0.25, 0.3) is 0 Å². The third-order valence-corrected chi connectivity index (χ3v) is 6.77. The first-order valence-corrected chi connectivity index (χ1v) is 11.0. The Morgan fingerprint density at radius 1 is 1.03 bits per heavy atom. The molecule has 0 spiro atoms. The van der Waals surface area contributed by atoms with Crippen LogP contribution in [0.4, 0.5) is 0 Å². The molecule has 156 valence electrons. The van der Waals surface area contributed by atoms with Crippen molar-refractivity contribution >= 4 is 21.8 Å². The second kappa shape index (κ2) is 9.33. The van der Waals surface area contributed by atoms with Crippen LogP contribution in [-0.4, -0.2) is 43.7 Å². The van der Waals surface area contributed by atoms with Crippen molar-refractivity contribution in [3.05, 3.63) is 64.7 Å². The van der Waals surface area contributed by atoms with Crippen molar-refractivity contribution in [2.45, 2.75) is 45.6 Å². The zero-order valence-corrected chi connectivity index (χ0v) is 18.2. The molecule has 0 N–H and O–H groups in total. The lowest BCUT2D eigenvalue weighted by molar-refractivity contribution is 0.0318. The highest BCUT2D eigenvalue weighted by Gasteiger charge is 2.25. The molecule has 6 nitrogen and oxygen atoms in total. The van der Waals surface area contributed by atoms with Crippen molar-refractivity contribution < 1.29 is 22.7 Å². The summed E-state index contributed by atoms with van der Waals surface area (Å²) >= 11 is 0. The number of carbonyl (C=O) groups is 2. The van der Waals surface area contributed by atoms with Crippen LogP contribution in [-0.2, 0) is 14.8 Å². The van der Waals surface area contributed by atoms with E-state index in [0.29, 0.717) is 18.7 Å². The van der Waals surface area contributed by atoms with Gasteiger partial charge in [-0.25, -0.2) is 13.2 Å². The van der Waals surface area contributed by atoms with Crippen molar-refractivity contribution in [3.8, 4) is 0 Å². The fraction of sp³-hybridized carbons (Fsp3) is 0.364. The average Bonchev–Trinajstić information content (AvgIpc) is 2.70. The zero-order valence-electron chi connectivity index (χ0n) is 17.4. The summed E-state index contributed by atoms with van der Waals surface area (Å²) in [5, 5.41) is 0. The van der Waals surface area contributed by atoms with E-state index in [-0.39, 0.29) is 16.2 Å². The van der Waals surface area contributed by atoms with Gasteiger partial charge in [-0.05, 0) is 50.6 Å². The van der Waals surface area contributed by atoms with Gasteiger partial charge in [-0.1, -0.05) is 37.6 Å². The van der Waals surface area contributed by atoms with Gasteiger partial charge in [0.1, 0.15) is 0 Å². The summed E-state index contributed by atoms with van der Waals surface area (Å²) in [5.41, 5.74) is 2.32. The molecule has 1 atom stereocenters. The lowest BCUT2D eigenvalue weighted by Gasteiger charge is -2.19. The first-order valence-electron chi connectivity index (χ1n) is 9.54. The molecule has 0 bridgehead atoms. The van der Waals surface area contributed by atoms with Gasteiger partial charge in [-0.15, -0.1) is 0 Å². The third kappa shape index (κ3) is 5.10. The third-order valence-electron chi connectivity index (χ3n) is 4.72. The number of hydrogen-bond donors (Lipinski definition) is 0. The highest BCUT2D eigenvalue weighted by molar-refractivity contribution is 7.89. The summed E-state index contributed by atoms with van der Waals surface area (Å²) in [7, 11) is -3.70. The minimum Gasteiger partial charge on any atom is -0.451 e. The average molecular weight is 418 g/mol. The number of esters is 1. The van der Waals surface area contributed by atoms with E-state index >= 15 is 0 Å². The summed E-state index contributed by atoms with van der Waals surface area (Å²) in [6, 6.07) is 11.2. The van der Waals surface area contributed by atoms with Crippen molar-refractivity contribution in [2.24, 2.45) is 0 Å². The van der Waals surface area contributed by atoms with Crippen LogP contribution in [0.5, 0.6) is 0 Å². The number of sulfonamides is 1. The maximum atomic E-state index is 12.7. The number of ether oxygens (including phenoxy) is 1. The molecule has 2 aromatic carbocycles. The molecule has 29 heavy (non-hydrogen) atoms. The Morgan fingerprint density at radius 2 is 1.69 bits per heavy atom. The van der Waals surface area contributed by atoms with Crippen LogP contribution < -0.4 is 0 Å². The Hall–Kier alpha value is -2.51. The lowest BCUT2D eigenvalue weighted by Crippen LogP contribution is -2.30. The number of Topliss-reactive ketones (excluding diaryl/α,β-unsaturated/α-hetero) is 1. The molecule has 0 aliphatic rings. The van der Waals surface area contributed by atoms with Crippen LogP contribution in [0.15, 0.2) is 47.4 Å². The Bertz CT molecular complexity index is 1010. The molecular formula is C22H27NO5S. The van der Waals surface area contributed by atoms with Gasteiger partial charge >= 0.3 is 5.97 Å². The topological polar surface area (TPSA) is 80.8 Å². The van der Waals surface area contributed by atoms with E-state index in [9.17, 15) is 18.0 Å². The number of aryl methyl sites for hydroxylation is 2. The van der Waals surface area contributed by atoms with Crippen LogP contribution in [0.2, 0.25) is 0 Å². The van der Waals surface area contributed by atoms with Gasteiger partial charge in [0.15, 0.2) is 6.10 Å². The molecule has 0 fully saturated rings. The molecule has 0 heterocycles. The fourth-order valence-electron chi connectivity index (χ4n) is 3.00. The van der Waals surface area contributed by atoms with Crippen molar-refractivity contribution in [1.82, 2.24) is 4.31 Å². The van der Waals surface area contributed by atoms with E-state index in [4.69, 9.17) is 4.74 Å². The summed E-state index contributed by atoms with van der Waals surface area (Å²) < 4.78 is 32.0. The monoisotopic (exact) mass is 417 g/mol. The summed E-state index contributed by atoms with van der Waals surface area (Å²) in [6.07, 6.45) is -0.994. The van der Waals surface area contributed by atoms with E-state index in [0.717, 1.165) is 11.1 Å². The van der Waals surface area contributed by atoms with Crippen LogP contribution in [0.1, 0.15) is 52.6 Å². The van der Waals surface area contributed by atoms with E-state index in [2.05, 4.69) is 0 Å². The summed E-state index contributed by atoms with van der Waals surface area (Å²) in [5.74, 6) is -1.04. The Labute approximate surface area is 172 Å².